The molecule has 0 saturated carbocycles. The number of nitrogens with one attached hydrogen (secondary N) is 1. The van der Waals surface area contributed by atoms with Gasteiger partial charge in [-0.15, -0.1) is 5.10 Å². The first-order valence-electron chi connectivity index (χ1n) is 6.27. The highest BCUT2D eigenvalue weighted by Crippen LogP contribution is 2.24. The number of nitrogen functional groups attached to an aromatic ring is 1. The van der Waals surface area contributed by atoms with Gasteiger partial charge in [0.15, 0.2) is 11.3 Å². The predicted molar refractivity (Wildman–Crippen MR) is 75.0 cm³/mol. The molecule has 6 heteroatoms. The normalized spacial score (nSPS) is 11.4. The molecule has 0 unspecified atom stereocenters. The summed E-state index contributed by atoms with van der Waals surface area (Å²) in [6.07, 6.45) is 0.843. The largest absolute Gasteiger partial charge is 0.308 e. The Labute approximate surface area is 110 Å². The molecule has 0 aliphatic carbocycles. The Morgan fingerprint density at radius 3 is 2.74 bits per heavy atom. The molecule has 6 nitrogen and oxygen atoms in total. The summed E-state index contributed by atoms with van der Waals surface area (Å²) in [5, 5.41) is 5.47. The third-order valence-corrected chi connectivity index (χ3v) is 3.24. The maximum atomic E-state index is 5.57. The SMILES string of the molecule is CCc1cc(NN)n2nc3nc(C)cc(C)c3c2n1. The summed E-state index contributed by atoms with van der Waals surface area (Å²) in [4.78, 5) is 9.11. The molecular formula is C13H16N6. The maximum Gasteiger partial charge on any atom is 0.184 e. The van der Waals surface area contributed by atoms with Gasteiger partial charge in [0.1, 0.15) is 5.82 Å². The molecule has 3 aromatic heterocycles. The van der Waals surface area contributed by atoms with Crippen molar-refractivity contribution in [3.05, 3.63) is 29.1 Å². The Bertz CT molecular complexity index is 774. The fourth-order valence-corrected chi connectivity index (χ4v) is 2.36. The molecule has 3 rings (SSSR count). The van der Waals surface area contributed by atoms with Gasteiger partial charge in [-0.25, -0.2) is 15.8 Å². The second-order valence-corrected chi connectivity index (χ2v) is 4.65. The van der Waals surface area contributed by atoms with Crippen LogP contribution in [-0.4, -0.2) is 19.6 Å². The van der Waals surface area contributed by atoms with Gasteiger partial charge in [-0.05, 0) is 31.9 Å². The summed E-state index contributed by atoms with van der Waals surface area (Å²) in [5.74, 6) is 6.29. The highest BCUT2D eigenvalue weighted by atomic mass is 15.4. The van der Waals surface area contributed by atoms with Crippen LogP contribution in [0.15, 0.2) is 12.1 Å². The fraction of sp³-hybridized carbons (Fsp3) is 0.308. The van der Waals surface area contributed by atoms with Crippen LogP contribution in [0.4, 0.5) is 5.82 Å². The lowest BCUT2D eigenvalue weighted by Crippen LogP contribution is -2.12. The summed E-state index contributed by atoms with van der Waals surface area (Å²) in [6.45, 7) is 6.07. The number of hydrogen-bond acceptors (Lipinski definition) is 5. The van der Waals surface area contributed by atoms with E-state index in [1.54, 1.807) is 4.52 Å². The molecule has 0 radical (unpaired) electrons. The van der Waals surface area contributed by atoms with Crippen LogP contribution in [-0.2, 0) is 6.42 Å². The lowest BCUT2D eigenvalue weighted by atomic mass is 10.2. The standard InChI is InChI=1S/C13H16N6/c1-4-9-6-10(17-14)19-13(16-9)11-7(2)5-8(3)15-12(11)18-19/h5-6,17H,4,14H2,1-3H3. The van der Waals surface area contributed by atoms with E-state index < -0.39 is 0 Å². The third kappa shape index (κ3) is 1.72. The summed E-state index contributed by atoms with van der Waals surface area (Å²) >= 11 is 0. The van der Waals surface area contributed by atoms with Crippen molar-refractivity contribution in [1.29, 1.82) is 0 Å². The molecule has 0 fully saturated rings. The van der Waals surface area contributed by atoms with Gasteiger partial charge < -0.3 is 5.43 Å². The zero-order chi connectivity index (χ0) is 13.6. The lowest BCUT2D eigenvalue weighted by molar-refractivity contribution is 0.916. The Kier molecular flexibility index (Phi) is 2.60. The molecule has 0 aromatic carbocycles. The quantitative estimate of drug-likeness (QED) is 0.539. The van der Waals surface area contributed by atoms with Crippen LogP contribution in [0.25, 0.3) is 16.7 Å². The average Bonchev–Trinajstić information content (AvgIpc) is 2.75. The maximum absolute atomic E-state index is 5.57. The number of aromatic nitrogens is 4. The van der Waals surface area contributed by atoms with Crippen molar-refractivity contribution in [1.82, 2.24) is 19.6 Å². The van der Waals surface area contributed by atoms with Gasteiger partial charge in [0.2, 0.25) is 0 Å². The number of hydrogen-bond donors (Lipinski definition) is 2. The number of fused-ring (bicyclic) bond motifs is 3. The third-order valence-electron chi connectivity index (χ3n) is 3.24. The van der Waals surface area contributed by atoms with Crippen molar-refractivity contribution in [3.8, 4) is 0 Å². The van der Waals surface area contributed by atoms with Crippen molar-refractivity contribution in [2.75, 3.05) is 5.43 Å². The zero-order valence-corrected chi connectivity index (χ0v) is 11.2. The number of pyridine rings is 1. The van der Waals surface area contributed by atoms with E-state index >= 15 is 0 Å². The van der Waals surface area contributed by atoms with Gasteiger partial charge in [0.25, 0.3) is 0 Å². The van der Waals surface area contributed by atoms with E-state index in [2.05, 4.69) is 34.3 Å². The molecule has 98 valence electrons. The van der Waals surface area contributed by atoms with Crippen molar-refractivity contribution in [2.45, 2.75) is 27.2 Å². The van der Waals surface area contributed by atoms with E-state index in [1.807, 2.05) is 19.1 Å². The highest BCUT2D eigenvalue weighted by molar-refractivity contribution is 5.93. The van der Waals surface area contributed by atoms with E-state index in [9.17, 15) is 0 Å². The molecule has 3 aromatic rings. The molecular weight excluding hydrogens is 240 g/mol. The van der Waals surface area contributed by atoms with Gasteiger partial charge in [-0.1, -0.05) is 6.92 Å². The van der Waals surface area contributed by atoms with Crippen LogP contribution < -0.4 is 11.3 Å². The molecule has 0 aliphatic heterocycles. The molecule has 3 heterocycles. The van der Waals surface area contributed by atoms with Crippen molar-refractivity contribution >= 4 is 22.5 Å². The molecule has 0 aliphatic rings. The summed E-state index contributed by atoms with van der Waals surface area (Å²) < 4.78 is 1.71. The second-order valence-electron chi connectivity index (χ2n) is 4.65. The minimum absolute atomic E-state index is 0.703. The molecule has 0 spiro atoms. The number of aryl methyl sites for hydroxylation is 3. The Morgan fingerprint density at radius 2 is 2.05 bits per heavy atom. The molecule has 19 heavy (non-hydrogen) atoms. The van der Waals surface area contributed by atoms with Gasteiger partial charge in [0.05, 0.1) is 5.39 Å². The Hall–Kier alpha value is -2.21. The van der Waals surface area contributed by atoms with E-state index in [4.69, 9.17) is 5.84 Å². The minimum Gasteiger partial charge on any atom is -0.308 e. The summed E-state index contributed by atoms with van der Waals surface area (Å²) in [5.41, 5.74) is 7.23. The first-order chi connectivity index (χ1) is 9.13. The summed E-state index contributed by atoms with van der Waals surface area (Å²) in [6, 6.07) is 3.95. The number of nitrogens with two attached hydrogens (primary N) is 1. The van der Waals surface area contributed by atoms with Crippen LogP contribution in [0.1, 0.15) is 23.9 Å². The second kappa shape index (κ2) is 4.17. The zero-order valence-electron chi connectivity index (χ0n) is 11.2. The van der Waals surface area contributed by atoms with Crippen LogP contribution in [0.3, 0.4) is 0 Å². The van der Waals surface area contributed by atoms with Gasteiger partial charge in [-0.3, -0.25) is 0 Å². The fourth-order valence-electron chi connectivity index (χ4n) is 2.36. The number of hydrazine groups is 1. The van der Waals surface area contributed by atoms with Crippen molar-refractivity contribution < 1.29 is 0 Å². The number of anilines is 1. The van der Waals surface area contributed by atoms with E-state index in [0.29, 0.717) is 5.65 Å². The van der Waals surface area contributed by atoms with Crippen molar-refractivity contribution in [3.63, 3.8) is 0 Å². The highest BCUT2D eigenvalue weighted by Gasteiger charge is 2.14. The van der Waals surface area contributed by atoms with Gasteiger partial charge in [-0.2, -0.15) is 4.52 Å². The molecule has 0 amide bonds. The Morgan fingerprint density at radius 1 is 1.26 bits per heavy atom. The van der Waals surface area contributed by atoms with Crippen molar-refractivity contribution in [2.24, 2.45) is 5.84 Å². The minimum atomic E-state index is 0.703. The predicted octanol–water partition coefficient (Wildman–Crippen LogP) is 1.74. The van der Waals surface area contributed by atoms with E-state index in [-0.39, 0.29) is 0 Å². The van der Waals surface area contributed by atoms with Gasteiger partial charge >= 0.3 is 0 Å². The monoisotopic (exact) mass is 256 g/mol. The Balaban J connectivity index is 2.50. The smallest absolute Gasteiger partial charge is 0.184 e. The van der Waals surface area contributed by atoms with Gasteiger partial charge in [0, 0.05) is 17.5 Å². The molecule has 0 bridgehead atoms. The average molecular weight is 256 g/mol. The topological polar surface area (TPSA) is 81.1 Å². The van der Waals surface area contributed by atoms with Crippen LogP contribution >= 0.6 is 0 Å². The number of nitrogens with zero attached hydrogens (tertiary/aromatic N) is 4. The van der Waals surface area contributed by atoms with Crippen LogP contribution in [0, 0.1) is 13.8 Å². The lowest BCUT2D eigenvalue weighted by Gasteiger charge is -2.05. The number of rotatable bonds is 2. The molecule has 3 N–H and O–H groups in total. The van der Waals surface area contributed by atoms with Crippen LogP contribution in [0.2, 0.25) is 0 Å². The van der Waals surface area contributed by atoms with E-state index in [1.165, 1.54) is 0 Å². The van der Waals surface area contributed by atoms with E-state index in [0.717, 1.165) is 40.2 Å². The first kappa shape index (κ1) is 11.9. The van der Waals surface area contributed by atoms with Crippen LogP contribution in [0.5, 0.6) is 0 Å². The molecule has 0 saturated heterocycles. The molecule has 0 atom stereocenters. The summed E-state index contributed by atoms with van der Waals surface area (Å²) in [7, 11) is 0. The first-order valence-corrected chi connectivity index (χ1v) is 6.27.